The van der Waals surface area contributed by atoms with Gasteiger partial charge in [0.2, 0.25) is 0 Å². The number of carbonyl (C=O) groups excluding carboxylic acids is 1. The first-order valence-corrected chi connectivity index (χ1v) is 4.54. The van der Waals surface area contributed by atoms with Crippen LogP contribution in [0.1, 0.15) is 0 Å². The molecule has 3 N–H and O–H groups in total. The molecule has 1 rings (SSSR count). The lowest BCUT2D eigenvalue weighted by Crippen LogP contribution is -2.18. The smallest absolute Gasteiger partial charge is 0.411 e. The number of benzene rings is 1. The van der Waals surface area contributed by atoms with Crippen molar-refractivity contribution in [3.05, 3.63) is 24.3 Å². The van der Waals surface area contributed by atoms with Crippen molar-refractivity contribution in [2.24, 2.45) is 5.73 Å². The molecular weight excluding hydrogens is 196 g/mol. The highest BCUT2D eigenvalue weighted by molar-refractivity contribution is 5.84. The molecule has 0 saturated heterocycles. The molecule has 0 aliphatic rings. The molecule has 0 spiro atoms. The fourth-order valence-corrected chi connectivity index (χ4v) is 0.980. The molecule has 1 aromatic carbocycles. The van der Waals surface area contributed by atoms with Crippen molar-refractivity contribution < 1.29 is 14.3 Å². The molecule has 5 heteroatoms. The van der Waals surface area contributed by atoms with Crippen LogP contribution in [-0.2, 0) is 4.74 Å². The SMILES string of the molecule is COc1ccc(NC(=O)OCCN)cc1. The van der Waals surface area contributed by atoms with Gasteiger partial charge in [-0.2, -0.15) is 0 Å². The third-order valence-electron chi connectivity index (χ3n) is 1.69. The number of hydrogen-bond acceptors (Lipinski definition) is 4. The largest absolute Gasteiger partial charge is 0.497 e. The minimum atomic E-state index is -0.509. The summed E-state index contributed by atoms with van der Waals surface area (Å²) in [5.74, 6) is 0.732. The van der Waals surface area contributed by atoms with Crippen LogP contribution in [0.15, 0.2) is 24.3 Å². The fourth-order valence-electron chi connectivity index (χ4n) is 0.980. The Balaban J connectivity index is 2.46. The quantitative estimate of drug-likeness (QED) is 0.783. The third-order valence-corrected chi connectivity index (χ3v) is 1.69. The average Bonchev–Trinajstić information content (AvgIpc) is 2.27. The number of carbonyl (C=O) groups is 1. The van der Waals surface area contributed by atoms with Gasteiger partial charge in [0.25, 0.3) is 0 Å². The second-order valence-corrected chi connectivity index (χ2v) is 2.78. The molecule has 1 amide bonds. The Kier molecular flexibility index (Phi) is 4.43. The van der Waals surface area contributed by atoms with Crippen molar-refractivity contribution in [3.63, 3.8) is 0 Å². The van der Waals surface area contributed by atoms with Crippen molar-refractivity contribution in [2.75, 3.05) is 25.6 Å². The summed E-state index contributed by atoms with van der Waals surface area (Å²) in [6.45, 7) is 0.526. The van der Waals surface area contributed by atoms with Crippen LogP contribution in [0.2, 0.25) is 0 Å². The standard InChI is InChI=1S/C10H14N2O3/c1-14-9-4-2-8(3-5-9)12-10(13)15-7-6-11/h2-5H,6-7,11H2,1H3,(H,12,13). The van der Waals surface area contributed by atoms with Gasteiger partial charge in [-0.1, -0.05) is 0 Å². The minimum Gasteiger partial charge on any atom is -0.497 e. The molecule has 0 atom stereocenters. The van der Waals surface area contributed by atoms with Crippen LogP contribution in [-0.4, -0.2) is 26.4 Å². The van der Waals surface area contributed by atoms with Gasteiger partial charge in [-0.3, -0.25) is 5.32 Å². The molecule has 0 unspecified atom stereocenters. The molecule has 0 fully saturated rings. The van der Waals surface area contributed by atoms with Gasteiger partial charge in [0.05, 0.1) is 7.11 Å². The Morgan fingerprint density at radius 3 is 2.60 bits per heavy atom. The van der Waals surface area contributed by atoms with E-state index in [0.717, 1.165) is 5.75 Å². The monoisotopic (exact) mass is 210 g/mol. The zero-order valence-electron chi connectivity index (χ0n) is 8.53. The second kappa shape index (κ2) is 5.87. The van der Waals surface area contributed by atoms with Crippen molar-refractivity contribution in [1.82, 2.24) is 0 Å². The normalized spacial score (nSPS) is 9.47. The van der Waals surface area contributed by atoms with Crippen molar-refractivity contribution in [3.8, 4) is 5.75 Å². The zero-order chi connectivity index (χ0) is 11.1. The predicted octanol–water partition coefficient (Wildman–Crippen LogP) is 1.20. The van der Waals surface area contributed by atoms with Gasteiger partial charge in [0.1, 0.15) is 12.4 Å². The first-order chi connectivity index (χ1) is 7.26. The molecule has 5 nitrogen and oxygen atoms in total. The van der Waals surface area contributed by atoms with E-state index < -0.39 is 6.09 Å². The molecule has 0 aromatic heterocycles. The van der Waals surface area contributed by atoms with E-state index in [1.807, 2.05) is 0 Å². The summed E-state index contributed by atoms with van der Waals surface area (Å²) < 4.78 is 9.72. The number of methoxy groups -OCH3 is 1. The van der Waals surface area contributed by atoms with Crippen LogP contribution in [0.5, 0.6) is 5.75 Å². The molecule has 0 heterocycles. The summed E-state index contributed by atoms with van der Waals surface area (Å²) in [4.78, 5) is 11.1. The van der Waals surface area contributed by atoms with E-state index in [0.29, 0.717) is 12.2 Å². The third kappa shape index (κ3) is 3.86. The summed E-state index contributed by atoms with van der Waals surface area (Å²) in [7, 11) is 1.58. The van der Waals surface area contributed by atoms with E-state index in [2.05, 4.69) is 5.32 Å². The molecule has 0 aliphatic heterocycles. The summed E-state index contributed by atoms with van der Waals surface area (Å²) in [6, 6.07) is 6.95. The maximum absolute atomic E-state index is 11.1. The first kappa shape index (κ1) is 11.3. The molecule has 0 saturated carbocycles. The lowest BCUT2D eigenvalue weighted by atomic mass is 10.3. The summed E-state index contributed by atoms with van der Waals surface area (Å²) in [6.07, 6.45) is -0.509. The van der Waals surface area contributed by atoms with E-state index in [9.17, 15) is 4.79 Å². The molecular formula is C10H14N2O3. The summed E-state index contributed by atoms with van der Waals surface area (Å²) in [5, 5.41) is 2.56. The average molecular weight is 210 g/mol. The maximum atomic E-state index is 11.1. The van der Waals surface area contributed by atoms with Crippen molar-refractivity contribution in [1.29, 1.82) is 0 Å². The lowest BCUT2D eigenvalue weighted by molar-refractivity contribution is 0.165. The van der Waals surface area contributed by atoms with Crippen molar-refractivity contribution in [2.45, 2.75) is 0 Å². The molecule has 15 heavy (non-hydrogen) atoms. The van der Waals surface area contributed by atoms with Gasteiger partial charge in [-0.15, -0.1) is 0 Å². The van der Waals surface area contributed by atoms with Gasteiger partial charge in [-0.25, -0.2) is 4.79 Å². The summed E-state index contributed by atoms with van der Waals surface area (Å²) >= 11 is 0. The Bertz CT molecular complexity index is 311. The van der Waals surface area contributed by atoms with Crippen LogP contribution < -0.4 is 15.8 Å². The first-order valence-electron chi connectivity index (χ1n) is 4.54. The molecule has 0 bridgehead atoms. The molecule has 0 aliphatic carbocycles. The zero-order valence-corrected chi connectivity index (χ0v) is 8.53. The van der Waals surface area contributed by atoms with Crippen LogP contribution in [0.4, 0.5) is 10.5 Å². The fraction of sp³-hybridized carbons (Fsp3) is 0.300. The van der Waals surface area contributed by atoms with Gasteiger partial charge < -0.3 is 15.2 Å². The lowest BCUT2D eigenvalue weighted by Gasteiger charge is -2.06. The summed E-state index contributed by atoms with van der Waals surface area (Å²) in [5.41, 5.74) is 5.84. The number of nitrogens with two attached hydrogens (primary N) is 1. The van der Waals surface area contributed by atoms with E-state index >= 15 is 0 Å². The van der Waals surface area contributed by atoms with Crippen LogP contribution in [0, 0.1) is 0 Å². The number of anilines is 1. The predicted molar refractivity (Wildman–Crippen MR) is 57.0 cm³/mol. The van der Waals surface area contributed by atoms with Crippen LogP contribution >= 0.6 is 0 Å². The number of hydrogen-bond donors (Lipinski definition) is 2. The maximum Gasteiger partial charge on any atom is 0.411 e. The number of nitrogens with one attached hydrogen (secondary N) is 1. The highest BCUT2D eigenvalue weighted by Gasteiger charge is 2.01. The Hall–Kier alpha value is -1.75. The number of amides is 1. The van der Waals surface area contributed by atoms with E-state index in [1.165, 1.54) is 0 Å². The van der Waals surface area contributed by atoms with Gasteiger partial charge in [-0.05, 0) is 24.3 Å². The number of rotatable bonds is 4. The van der Waals surface area contributed by atoms with Crippen molar-refractivity contribution >= 4 is 11.8 Å². The Morgan fingerprint density at radius 1 is 1.40 bits per heavy atom. The minimum absolute atomic E-state index is 0.210. The van der Waals surface area contributed by atoms with E-state index in [-0.39, 0.29) is 6.61 Å². The topological polar surface area (TPSA) is 73.6 Å². The van der Waals surface area contributed by atoms with Gasteiger partial charge >= 0.3 is 6.09 Å². The van der Waals surface area contributed by atoms with Crippen LogP contribution in [0.25, 0.3) is 0 Å². The van der Waals surface area contributed by atoms with E-state index in [1.54, 1.807) is 31.4 Å². The highest BCUT2D eigenvalue weighted by atomic mass is 16.5. The molecule has 0 radical (unpaired) electrons. The van der Waals surface area contributed by atoms with Crippen LogP contribution in [0.3, 0.4) is 0 Å². The highest BCUT2D eigenvalue weighted by Crippen LogP contribution is 2.14. The molecule has 82 valence electrons. The Labute approximate surface area is 88.2 Å². The van der Waals surface area contributed by atoms with Gasteiger partial charge in [0, 0.05) is 12.2 Å². The van der Waals surface area contributed by atoms with Gasteiger partial charge in [0.15, 0.2) is 0 Å². The number of ether oxygens (including phenoxy) is 2. The molecule has 1 aromatic rings. The van der Waals surface area contributed by atoms with E-state index in [4.69, 9.17) is 15.2 Å². The Morgan fingerprint density at radius 2 is 2.07 bits per heavy atom. The second-order valence-electron chi connectivity index (χ2n) is 2.78.